The number of hydrogen-bond acceptors (Lipinski definition) is 9. The third-order valence-corrected chi connectivity index (χ3v) is 8.39. The molecule has 0 spiro atoms. The first-order valence-corrected chi connectivity index (χ1v) is 13.5. The van der Waals surface area contributed by atoms with Crippen molar-refractivity contribution in [3.05, 3.63) is 17.4 Å². The summed E-state index contributed by atoms with van der Waals surface area (Å²) >= 11 is 6.57. The topological polar surface area (TPSA) is 145 Å². The first-order valence-electron chi connectivity index (χ1n) is 13.2. The fourth-order valence-electron chi connectivity index (χ4n) is 6.09. The molecule has 37 heavy (non-hydrogen) atoms. The number of pyridine rings is 1. The zero-order chi connectivity index (χ0) is 26.1. The summed E-state index contributed by atoms with van der Waals surface area (Å²) in [7, 11) is 0. The van der Waals surface area contributed by atoms with Crippen LogP contribution in [0.25, 0.3) is 0 Å². The molecule has 1 aromatic heterocycles. The van der Waals surface area contributed by atoms with Crippen LogP contribution in [0, 0.1) is 11.8 Å². The molecule has 5 rings (SSSR count). The minimum atomic E-state index is -1.05. The van der Waals surface area contributed by atoms with Crippen molar-refractivity contribution in [2.45, 2.75) is 43.8 Å². The molecule has 0 saturated carbocycles. The quantitative estimate of drug-likeness (QED) is 0.304. The minimum absolute atomic E-state index is 0.00977. The Morgan fingerprint density at radius 3 is 2.51 bits per heavy atom. The third-order valence-electron chi connectivity index (χ3n) is 8.11. The molecule has 2 bridgehead atoms. The molecule has 204 valence electrons. The Hall–Kier alpha value is -2.09. The number of nitrogens with zero attached hydrogens (tertiary/aromatic N) is 4. The van der Waals surface area contributed by atoms with Gasteiger partial charge >= 0.3 is 0 Å². The number of fused-ring (bicyclic) bond motifs is 2. The lowest BCUT2D eigenvalue weighted by atomic mass is 9.93. The van der Waals surface area contributed by atoms with Gasteiger partial charge in [-0.05, 0) is 19.3 Å². The van der Waals surface area contributed by atoms with Gasteiger partial charge in [0.05, 0.1) is 40.8 Å². The predicted molar refractivity (Wildman–Crippen MR) is 140 cm³/mol. The Kier molecular flexibility index (Phi) is 8.13. The van der Waals surface area contributed by atoms with E-state index in [0.717, 1.165) is 32.6 Å². The lowest BCUT2D eigenvalue weighted by Gasteiger charge is -2.40. The van der Waals surface area contributed by atoms with Gasteiger partial charge in [-0.15, -0.1) is 0 Å². The maximum absolute atomic E-state index is 13.6. The van der Waals surface area contributed by atoms with Crippen molar-refractivity contribution >= 4 is 34.8 Å². The van der Waals surface area contributed by atoms with E-state index in [2.05, 4.69) is 35.6 Å². The van der Waals surface area contributed by atoms with Crippen LogP contribution in [0.3, 0.4) is 0 Å². The predicted octanol–water partition coefficient (Wildman–Crippen LogP) is -0.477. The largest absolute Gasteiger partial charge is 0.369 e. The highest BCUT2D eigenvalue weighted by molar-refractivity contribution is 6.34. The van der Waals surface area contributed by atoms with E-state index in [-0.39, 0.29) is 24.9 Å². The van der Waals surface area contributed by atoms with Crippen LogP contribution in [-0.4, -0.2) is 104 Å². The maximum atomic E-state index is 13.6. The summed E-state index contributed by atoms with van der Waals surface area (Å²) < 4.78 is 13.6. The van der Waals surface area contributed by atoms with Gasteiger partial charge in [-0.1, -0.05) is 11.6 Å². The average Bonchev–Trinajstić information content (AvgIpc) is 3.25. The fraction of sp³-hybridized carbons (Fsp3) is 0.708. The van der Waals surface area contributed by atoms with Gasteiger partial charge in [0.25, 0.3) is 0 Å². The van der Waals surface area contributed by atoms with Crippen LogP contribution in [0.15, 0.2) is 12.4 Å². The van der Waals surface area contributed by atoms with Gasteiger partial charge in [0.2, 0.25) is 11.8 Å². The highest BCUT2D eigenvalue weighted by atomic mass is 35.5. The zero-order valence-electron chi connectivity index (χ0n) is 20.9. The standard InChI is InChI=1S/C24H37ClFN9O2/c25-17-11-29-12-18(32-23(36)19(21(27)28)22-30-9-15(26)10-31-22)20(17)34-5-1-14(2-6-34)24(37)35-8-7-33-4-3-16(35)13-33/h11-12,14-16,19,21-22,30-31H,1-10,13,27-28H2,(H,32,36). The van der Waals surface area contributed by atoms with Crippen LogP contribution >= 0.6 is 11.6 Å². The molecule has 5 heterocycles. The average molecular weight is 538 g/mol. The maximum Gasteiger partial charge on any atom is 0.233 e. The van der Waals surface area contributed by atoms with Crippen LogP contribution in [0.2, 0.25) is 5.02 Å². The monoisotopic (exact) mass is 537 g/mol. The summed E-state index contributed by atoms with van der Waals surface area (Å²) in [5.41, 5.74) is 13.0. The molecular weight excluding hydrogens is 501 g/mol. The third kappa shape index (κ3) is 5.69. The van der Waals surface area contributed by atoms with Crippen molar-refractivity contribution in [2.24, 2.45) is 23.3 Å². The number of carbonyl (C=O) groups excluding carboxylic acids is 2. The SMILES string of the molecule is NC(N)C(C(=O)Nc1cncc(Cl)c1N1CCC(C(=O)N2CCN3CCC2C3)CC1)C1NCC(F)CN1. The summed E-state index contributed by atoms with van der Waals surface area (Å²) in [6, 6.07) is 0.349. The molecule has 4 saturated heterocycles. The summed E-state index contributed by atoms with van der Waals surface area (Å²) in [5.74, 6) is -1.00. The van der Waals surface area contributed by atoms with Crippen LogP contribution in [0.1, 0.15) is 19.3 Å². The Labute approximate surface area is 221 Å². The Morgan fingerprint density at radius 1 is 1.08 bits per heavy atom. The molecule has 3 unspecified atom stereocenters. The van der Waals surface area contributed by atoms with Crippen molar-refractivity contribution in [1.29, 1.82) is 0 Å². The Bertz CT molecular complexity index is 985. The molecule has 7 N–H and O–H groups in total. The number of piperazine rings is 1. The molecule has 0 radical (unpaired) electrons. The van der Waals surface area contributed by atoms with Gasteiger partial charge in [0.15, 0.2) is 0 Å². The van der Waals surface area contributed by atoms with E-state index in [1.165, 1.54) is 0 Å². The van der Waals surface area contributed by atoms with Crippen molar-refractivity contribution in [2.75, 3.05) is 62.6 Å². The molecule has 3 atom stereocenters. The Balaban J connectivity index is 1.24. The van der Waals surface area contributed by atoms with Gasteiger partial charge in [-0.2, -0.15) is 0 Å². The number of hydrogen-bond donors (Lipinski definition) is 5. The van der Waals surface area contributed by atoms with Gasteiger partial charge in [0, 0.05) is 70.5 Å². The number of carbonyl (C=O) groups is 2. The van der Waals surface area contributed by atoms with E-state index in [4.69, 9.17) is 23.1 Å². The number of halogens is 2. The molecule has 4 aliphatic heterocycles. The summed E-state index contributed by atoms with van der Waals surface area (Å²) in [6.45, 7) is 5.36. The highest BCUT2D eigenvalue weighted by Gasteiger charge is 2.39. The van der Waals surface area contributed by atoms with E-state index in [0.29, 0.717) is 48.4 Å². The van der Waals surface area contributed by atoms with E-state index in [9.17, 15) is 14.0 Å². The van der Waals surface area contributed by atoms with E-state index in [1.807, 2.05) is 0 Å². The second-order valence-electron chi connectivity index (χ2n) is 10.5. The lowest BCUT2D eigenvalue weighted by Crippen LogP contribution is -2.64. The molecule has 4 fully saturated rings. The number of piperidine rings is 1. The first-order chi connectivity index (χ1) is 17.8. The molecule has 2 amide bonds. The first kappa shape index (κ1) is 26.5. The number of aromatic nitrogens is 1. The van der Waals surface area contributed by atoms with Crippen LogP contribution in [0.5, 0.6) is 0 Å². The fourth-order valence-corrected chi connectivity index (χ4v) is 6.37. The number of alkyl halides is 1. The normalized spacial score (nSPS) is 29.4. The van der Waals surface area contributed by atoms with Crippen molar-refractivity contribution < 1.29 is 14.0 Å². The number of nitrogens with one attached hydrogen (secondary N) is 3. The molecule has 11 nitrogen and oxygen atoms in total. The summed E-state index contributed by atoms with van der Waals surface area (Å²) in [6.07, 6.45) is 3.01. The van der Waals surface area contributed by atoms with Crippen LogP contribution in [0.4, 0.5) is 15.8 Å². The van der Waals surface area contributed by atoms with Crippen molar-refractivity contribution in [3.8, 4) is 0 Å². The molecular formula is C24H37ClFN9O2. The van der Waals surface area contributed by atoms with E-state index >= 15 is 0 Å². The molecule has 0 aliphatic carbocycles. The molecule has 13 heteroatoms. The summed E-state index contributed by atoms with van der Waals surface area (Å²) in [5, 5.41) is 9.23. The molecule has 4 aliphatic rings. The number of amides is 2. The van der Waals surface area contributed by atoms with Crippen molar-refractivity contribution in [3.63, 3.8) is 0 Å². The minimum Gasteiger partial charge on any atom is -0.369 e. The second kappa shape index (κ2) is 11.3. The van der Waals surface area contributed by atoms with Crippen LogP contribution in [-0.2, 0) is 9.59 Å². The molecule has 0 aromatic carbocycles. The number of anilines is 2. The van der Waals surface area contributed by atoms with E-state index < -0.39 is 30.3 Å². The van der Waals surface area contributed by atoms with Gasteiger partial charge in [0.1, 0.15) is 6.17 Å². The Morgan fingerprint density at radius 2 is 1.81 bits per heavy atom. The van der Waals surface area contributed by atoms with Crippen molar-refractivity contribution in [1.82, 2.24) is 25.4 Å². The summed E-state index contributed by atoms with van der Waals surface area (Å²) in [4.78, 5) is 37.4. The zero-order valence-corrected chi connectivity index (χ0v) is 21.7. The van der Waals surface area contributed by atoms with Crippen LogP contribution < -0.4 is 32.3 Å². The van der Waals surface area contributed by atoms with Gasteiger partial charge in [-0.3, -0.25) is 30.1 Å². The lowest BCUT2D eigenvalue weighted by molar-refractivity contribution is -0.139. The number of rotatable bonds is 6. The highest BCUT2D eigenvalue weighted by Crippen LogP contribution is 2.36. The molecule has 1 aromatic rings. The second-order valence-corrected chi connectivity index (χ2v) is 10.9. The van der Waals surface area contributed by atoms with E-state index in [1.54, 1.807) is 12.4 Å². The number of nitrogens with two attached hydrogens (primary N) is 2. The van der Waals surface area contributed by atoms with Gasteiger partial charge in [-0.25, -0.2) is 4.39 Å². The smallest absolute Gasteiger partial charge is 0.233 e. The van der Waals surface area contributed by atoms with Gasteiger partial charge < -0.3 is 26.6 Å².